The Morgan fingerprint density at radius 2 is 1.11 bits per heavy atom. The van der Waals surface area contributed by atoms with E-state index >= 15 is 0 Å². The van der Waals surface area contributed by atoms with E-state index in [1.54, 1.807) is 20.8 Å². The Kier molecular flexibility index (Phi) is 6.34. The van der Waals surface area contributed by atoms with Gasteiger partial charge in [-0.1, -0.05) is 0 Å². The molecule has 116 valence electrons. The van der Waals surface area contributed by atoms with Crippen molar-refractivity contribution in [3.63, 3.8) is 0 Å². The molecule has 0 spiro atoms. The molecule has 1 aliphatic rings. The molecule has 13 heteroatoms. The third-order valence-corrected chi connectivity index (χ3v) is 10.2. The zero-order chi connectivity index (χ0) is 14.2. The van der Waals surface area contributed by atoms with E-state index in [4.69, 9.17) is 0 Å². The first-order chi connectivity index (χ1) is 8.05. The van der Waals surface area contributed by atoms with Gasteiger partial charge >= 0.3 is 23.3 Å². The van der Waals surface area contributed by atoms with Crippen LogP contribution in [0.4, 0.5) is 21.0 Å². The molecule has 1 atom stereocenters. The number of quaternary nitrogens is 1. The lowest BCUT2D eigenvalue weighted by Gasteiger charge is -2.38. The minimum Gasteiger partial charge on any atom is -1.00 e. The van der Waals surface area contributed by atoms with Gasteiger partial charge in [0.1, 0.15) is 0 Å². The summed E-state index contributed by atoms with van der Waals surface area (Å²) >= 11 is 0. The lowest BCUT2D eigenvalue weighted by Crippen LogP contribution is -3.00. The minimum atomic E-state index is -5.60. The number of nitrogens with zero attached hydrogens (tertiary/aromatic N) is 4. The fourth-order valence-electron chi connectivity index (χ4n) is 1.84. The molecule has 0 aromatic carbocycles. The lowest BCUT2D eigenvalue weighted by atomic mass is 10.5. The Balaban J connectivity index is 0.00000324. The van der Waals surface area contributed by atoms with Gasteiger partial charge in [0.25, 0.3) is 0 Å². The van der Waals surface area contributed by atoms with E-state index in [1.165, 1.54) is 0 Å². The molecule has 0 aliphatic carbocycles. The molecule has 0 bridgehead atoms. The van der Waals surface area contributed by atoms with Crippen molar-refractivity contribution in [3.8, 4) is 0 Å². The van der Waals surface area contributed by atoms with E-state index in [1.807, 2.05) is 0 Å². The van der Waals surface area contributed by atoms with Gasteiger partial charge in [0, 0.05) is 0 Å². The molecule has 0 saturated carbocycles. The summed E-state index contributed by atoms with van der Waals surface area (Å²) < 4.78 is 74.3. The second-order valence-electron chi connectivity index (χ2n) is 3.72. The molecule has 19 heavy (non-hydrogen) atoms. The fourth-order valence-corrected chi connectivity index (χ4v) is 8.90. The minimum absolute atomic E-state index is 0. The third-order valence-electron chi connectivity index (χ3n) is 2.96. The summed E-state index contributed by atoms with van der Waals surface area (Å²) in [5, 5.41) is 0. The predicted molar refractivity (Wildman–Crippen MR) is 65.5 cm³/mol. The monoisotopic (exact) mass is 366 g/mol. The van der Waals surface area contributed by atoms with Crippen LogP contribution in [-0.4, -0.2) is 23.9 Å². The first kappa shape index (κ1) is 19.6. The Morgan fingerprint density at radius 1 is 0.737 bits per heavy atom. The van der Waals surface area contributed by atoms with Crippen LogP contribution in [0.2, 0.25) is 0 Å². The van der Waals surface area contributed by atoms with Gasteiger partial charge in [-0.15, -0.1) is 34.5 Å². The molecule has 1 heterocycles. The molecule has 1 aliphatic heterocycles. The molecule has 0 aromatic heterocycles. The predicted octanol–water partition coefficient (Wildman–Crippen LogP) is 3.57. The Labute approximate surface area is 115 Å². The van der Waals surface area contributed by atoms with Crippen LogP contribution in [0.15, 0.2) is 13.5 Å². The van der Waals surface area contributed by atoms with Crippen molar-refractivity contribution >= 4 is 23.3 Å². The van der Waals surface area contributed by atoms with Crippen molar-refractivity contribution in [3.05, 3.63) is 0 Å². The van der Waals surface area contributed by atoms with Gasteiger partial charge in [0.05, 0.1) is 19.6 Å². The van der Waals surface area contributed by atoms with Crippen LogP contribution in [0.25, 0.3) is 0 Å². The number of halogens is 6. The van der Waals surface area contributed by atoms with E-state index in [-0.39, 0.29) is 32.0 Å². The Hall–Kier alpha value is 0.590. The van der Waals surface area contributed by atoms with Crippen molar-refractivity contribution in [2.75, 3.05) is 19.6 Å². The van der Waals surface area contributed by atoms with E-state index in [0.717, 1.165) is 0 Å². The molecule has 1 rings (SSSR count). The smallest absolute Gasteiger partial charge is 0.445 e. The van der Waals surface area contributed by atoms with Crippen LogP contribution in [0, 0.1) is 0 Å². The second kappa shape index (κ2) is 6.15. The van der Waals surface area contributed by atoms with Crippen LogP contribution in [0.3, 0.4) is 0 Å². The Bertz CT molecular complexity index is 477. The molecular weight excluding hydrogens is 351 g/mol. The van der Waals surface area contributed by atoms with Gasteiger partial charge in [-0.05, 0) is 20.8 Å². The Morgan fingerprint density at radius 3 is 1.42 bits per heavy atom. The van der Waals surface area contributed by atoms with Crippen LogP contribution in [-0.2, 0) is 0 Å². The summed E-state index contributed by atoms with van der Waals surface area (Å²) in [7, 11) is -15.9. The van der Waals surface area contributed by atoms with Crippen molar-refractivity contribution in [2.24, 2.45) is 13.5 Å². The topological polar surface area (TPSA) is 37.1 Å². The zero-order valence-corrected chi connectivity index (χ0v) is 14.0. The zero-order valence-electron chi connectivity index (χ0n) is 10.5. The van der Waals surface area contributed by atoms with Gasteiger partial charge < -0.3 is 12.4 Å². The number of rotatable bonds is 4. The van der Waals surface area contributed by atoms with Crippen molar-refractivity contribution < 1.29 is 37.6 Å². The first-order valence-electron chi connectivity index (χ1n) is 5.32. The molecule has 0 radical (unpaired) electrons. The second-order valence-corrected chi connectivity index (χ2v) is 9.53. The summed E-state index contributed by atoms with van der Waals surface area (Å²) in [4.78, 5) is 0. The van der Waals surface area contributed by atoms with E-state index in [2.05, 4.69) is 13.5 Å². The van der Waals surface area contributed by atoms with Gasteiger partial charge in [-0.2, -0.15) is 0 Å². The maximum Gasteiger partial charge on any atom is 0.445 e. The third kappa shape index (κ3) is 3.82. The lowest BCUT2D eigenvalue weighted by molar-refractivity contribution is -0.808. The van der Waals surface area contributed by atoms with Crippen LogP contribution in [0.1, 0.15) is 20.8 Å². The molecule has 1 unspecified atom stereocenters. The quantitative estimate of drug-likeness (QED) is 0.539. The molecule has 0 N–H and O–H groups in total. The summed E-state index contributed by atoms with van der Waals surface area (Å²) in [5.41, 5.74) is 0. The normalized spacial score (nSPS) is 28.4. The van der Waals surface area contributed by atoms with Crippen molar-refractivity contribution in [1.82, 2.24) is 0 Å². The summed E-state index contributed by atoms with van der Waals surface area (Å²) in [6, 6.07) is 0. The largest absolute Gasteiger partial charge is 1.00 e. The molecule has 0 fully saturated rings. The van der Waals surface area contributed by atoms with E-state index in [9.17, 15) is 21.0 Å². The molecular formula is C6H15ClF5N4P3. The average Bonchev–Trinajstić information content (AvgIpc) is 2.14. The summed E-state index contributed by atoms with van der Waals surface area (Å²) in [6.07, 6.45) is 0. The van der Waals surface area contributed by atoms with E-state index < -0.39 is 27.6 Å². The first-order valence-corrected chi connectivity index (χ1v) is 9.81. The summed E-state index contributed by atoms with van der Waals surface area (Å²) in [6.45, 7) is 4.92. The number of hydrogen-bond acceptors (Lipinski definition) is 3. The molecule has 0 amide bonds. The van der Waals surface area contributed by atoms with Crippen molar-refractivity contribution in [2.45, 2.75) is 20.8 Å². The van der Waals surface area contributed by atoms with Crippen LogP contribution >= 0.6 is 23.3 Å². The highest BCUT2D eigenvalue weighted by atomic mass is 35.5. The fraction of sp³-hybridized carbons (Fsp3) is 1.00. The molecule has 4 nitrogen and oxygen atoms in total. The highest BCUT2D eigenvalue weighted by Crippen LogP contribution is 2.83. The highest BCUT2D eigenvalue weighted by Gasteiger charge is 2.51. The van der Waals surface area contributed by atoms with Gasteiger partial charge in [-0.25, -0.2) is 0 Å². The van der Waals surface area contributed by atoms with Gasteiger partial charge in [0.2, 0.25) is 0 Å². The number of hydrogen-bond donors (Lipinski definition) is 0. The van der Waals surface area contributed by atoms with Gasteiger partial charge in [-0.3, -0.25) is 4.25 Å². The maximum absolute atomic E-state index is 14.7. The molecule has 0 aromatic rings. The average molecular weight is 367 g/mol. The van der Waals surface area contributed by atoms with Gasteiger partial charge in [0.15, 0.2) is 0 Å². The van der Waals surface area contributed by atoms with E-state index in [0.29, 0.717) is 0 Å². The standard InChI is InChI=1S/C6H15F5N4P3.ClH/c1-4-15(5-2,6-3)18(11)13-16(7,8)12-17(9,10)14-18;/h4-6H2,1-3H3;1H/q+1;/p-1. The SMILES string of the molecule is CC[N+](CC)(CC)P1(F)=NP(F)(F)=NP(F)(F)=N1.[Cl-]. The van der Waals surface area contributed by atoms with Crippen LogP contribution in [0.5, 0.6) is 0 Å². The van der Waals surface area contributed by atoms with Crippen molar-refractivity contribution in [1.29, 1.82) is 0 Å². The highest BCUT2D eigenvalue weighted by molar-refractivity contribution is 7.77. The molecule has 0 saturated heterocycles. The summed E-state index contributed by atoms with van der Waals surface area (Å²) in [5.74, 6) is 0. The van der Waals surface area contributed by atoms with Crippen LogP contribution < -0.4 is 12.4 Å². The maximum atomic E-state index is 14.7.